The predicted molar refractivity (Wildman–Crippen MR) is 71.2 cm³/mol. The number of hydrogen-bond donors (Lipinski definition) is 1. The third kappa shape index (κ3) is 4.89. The van der Waals surface area contributed by atoms with E-state index in [-0.39, 0.29) is 6.61 Å². The lowest BCUT2D eigenvalue weighted by atomic mass is 10.4. The molecule has 1 N–H and O–H groups in total. The van der Waals surface area contributed by atoms with Crippen LogP contribution >= 0.6 is 0 Å². The topological polar surface area (TPSA) is 54.8 Å². The van der Waals surface area contributed by atoms with E-state index >= 15 is 0 Å². The first-order valence-electron chi connectivity index (χ1n) is 6.35. The molecule has 0 amide bonds. The second-order valence-corrected chi connectivity index (χ2v) is 3.68. The first kappa shape index (κ1) is 14.7. The molecule has 0 unspecified atom stereocenters. The molecule has 0 spiro atoms. The highest BCUT2D eigenvalue weighted by Crippen LogP contribution is 2.15. The van der Waals surface area contributed by atoms with Crippen LogP contribution in [0.1, 0.15) is 13.8 Å². The van der Waals surface area contributed by atoms with Gasteiger partial charge in [0.1, 0.15) is 5.82 Å². The van der Waals surface area contributed by atoms with Gasteiger partial charge >= 0.3 is 0 Å². The number of anilines is 1. The van der Waals surface area contributed by atoms with Crippen molar-refractivity contribution >= 4 is 5.82 Å². The summed E-state index contributed by atoms with van der Waals surface area (Å²) in [6, 6.07) is 5.74. The average Bonchev–Trinajstić information content (AvgIpc) is 2.40. The largest absolute Gasteiger partial charge is 0.478 e. The molecule has 0 radical (unpaired) electrons. The van der Waals surface area contributed by atoms with Gasteiger partial charge < -0.3 is 19.5 Å². The molecule has 5 heteroatoms. The molecule has 0 atom stereocenters. The van der Waals surface area contributed by atoms with Crippen LogP contribution in [0.25, 0.3) is 0 Å². The predicted octanol–water partition coefficient (Wildman–Crippen LogP) is 1.32. The third-order valence-electron chi connectivity index (χ3n) is 2.45. The van der Waals surface area contributed by atoms with E-state index in [1.807, 2.05) is 25.1 Å². The van der Waals surface area contributed by atoms with E-state index in [9.17, 15) is 0 Å². The van der Waals surface area contributed by atoms with E-state index in [0.29, 0.717) is 25.7 Å². The van der Waals surface area contributed by atoms with E-state index in [4.69, 9.17) is 14.6 Å². The maximum absolute atomic E-state index is 8.63. The average molecular weight is 254 g/mol. The van der Waals surface area contributed by atoms with E-state index in [2.05, 4.69) is 16.8 Å². The van der Waals surface area contributed by atoms with Crippen LogP contribution in [0.2, 0.25) is 0 Å². The van der Waals surface area contributed by atoms with Gasteiger partial charge in [0, 0.05) is 19.2 Å². The van der Waals surface area contributed by atoms with Gasteiger partial charge in [-0.25, -0.2) is 0 Å². The molecule has 0 saturated carbocycles. The summed E-state index contributed by atoms with van der Waals surface area (Å²) < 4.78 is 10.6. The van der Waals surface area contributed by atoms with E-state index in [0.717, 1.165) is 18.9 Å². The highest BCUT2D eigenvalue weighted by atomic mass is 16.5. The van der Waals surface area contributed by atoms with Gasteiger partial charge in [0.05, 0.1) is 26.4 Å². The monoisotopic (exact) mass is 254 g/mol. The number of pyridine rings is 1. The molecule has 0 saturated heterocycles. The van der Waals surface area contributed by atoms with Crippen LogP contribution in [0.5, 0.6) is 5.88 Å². The van der Waals surface area contributed by atoms with Gasteiger partial charge in [0.2, 0.25) is 5.88 Å². The lowest BCUT2D eigenvalue weighted by molar-refractivity contribution is 0.0967. The van der Waals surface area contributed by atoms with Gasteiger partial charge in [-0.1, -0.05) is 6.07 Å². The van der Waals surface area contributed by atoms with Crippen LogP contribution in [0.3, 0.4) is 0 Å². The van der Waals surface area contributed by atoms with Crippen molar-refractivity contribution in [2.24, 2.45) is 0 Å². The summed E-state index contributed by atoms with van der Waals surface area (Å²) in [5.74, 6) is 1.53. The Morgan fingerprint density at radius 1 is 1.28 bits per heavy atom. The molecular formula is C13H22N2O3. The van der Waals surface area contributed by atoms with Crippen LogP contribution in [0, 0.1) is 0 Å². The molecular weight excluding hydrogens is 232 g/mol. The number of rotatable bonds is 9. The Kier molecular flexibility index (Phi) is 7.13. The minimum Gasteiger partial charge on any atom is -0.478 e. The number of aliphatic hydroxyl groups is 1. The molecule has 0 aliphatic carbocycles. The van der Waals surface area contributed by atoms with Gasteiger partial charge in [-0.2, -0.15) is 4.98 Å². The van der Waals surface area contributed by atoms with Crippen molar-refractivity contribution in [2.45, 2.75) is 13.8 Å². The highest BCUT2D eigenvalue weighted by molar-refractivity contribution is 5.40. The SMILES string of the molecule is CCOc1cccc(N(CC)CCOCCO)n1. The van der Waals surface area contributed by atoms with E-state index < -0.39 is 0 Å². The molecule has 0 aliphatic heterocycles. The Balaban J connectivity index is 2.54. The van der Waals surface area contributed by atoms with Crippen LogP contribution in [0.15, 0.2) is 18.2 Å². The zero-order chi connectivity index (χ0) is 13.2. The van der Waals surface area contributed by atoms with Crippen molar-refractivity contribution in [3.05, 3.63) is 18.2 Å². The van der Waals surface area contributed by atoms with Crippen molar-refractivity contribution in [3.8, 4) is 5.88 Å². The van der Waals surface area contributed by atoms with Crippen molar-refractivity contribution in [3.63, 3.8) is 0 Å². The molecule has 1 rings (SSSR count). The second kappa shape index (κ2) is 8.72. The standard InChI is InChI=1S/C13H22N2O3/c1-3-15(8-10-17-11-9-16)12-6-5-7-13(14-12)18-4-2/h5-7,16H,3-4,8-11H2,1-2H3. The van der Waals surface area contributed by atoms with Crippen LogP contribution < -0.4 is 9.64 Å². The Hall–Kier alpha value is -1.33. The molecule has 18 heavy (non-hydrogen) atoms. The zero-order valence-electron chi connectivity index (χ0n) is 11.1. The summed E-state index contributed by atoms with van der Waals surface area (Å²) in [7, 11) is 0. The second-order valence-electron chi connectivity index (χ2n) is 3.68. The number of aliphatic hydroxyl groups excluding tert-OH is 1. The number of hydrogen-bond acceptors (Lipinski definition) is 5. The third-order valence-corrected chi connectivity index (χ3v) is 2.45. The fourth-order valence-corrected chi connectivity index (χ4v) is 1.58. The summed E-state index contributed by atoms with van der Waals surface area (Å²) in [6.45, 7) is 7.24. The Bertz CT molecular complexity index is 334. The van der Waals surface area contributed by atoms with Crippen molar-refractivity contribution < 1.29 is 14.6 Å². The first-order chi connectivity index (χ1) is 8.81. The quantitative estimate of drug-likeness (QED) is 0.673. The first-order valence-corrected chi connectivity index (χ1v) is 6.35. The fourth-order valence-electron chi connectivity index (χ4n) is 1.58. The van der Waals surface area contributed by atoms with Gasteiger partial charge in [0.15, 0.2) is 0 Å². The number of aromatic nitrogens is 1. The number of likely N-dealkylation sites (N-methyl/N-ethyl adjacent to an activating group) is 1. The van der Waals surface area contributed by atoms with Crippen molar-refractivity contribution in [1.29, 1.82) is 0 Å². The smallest absolute Gasteiger partial charge is 0.215 e. The Labute approximate surface area is 108 Å². The molecule has 5 nitrogen and oxygen atoms in total. The Morgan fingerprint density at radius 3 is 2.78 bits per heavy atom. The lowest BCUT2D eigenvalue weighted by Gasteiger charge is -2.22. The minimum atomic E-state index is 0.0597. The maximum Gasteiger partial charge on any atom is 0.215 e. The fraction of sp³-hybridized carbons (Fsp3) is 0.615. The number of nitrogens with zero attached hydrogens (tertiary/aromatic N) is 2. The zero-order valence-corrected chi connectivity index (χ0v) is 11.1. The van der Waals surface area contributed by atoms with Crippen LogP contribution in [0.4, 0.5) is 5.82 Å². The van der Waals surface area contributed by atoms with Gasteiger partial charge in [-0.3, -0.25) is 0 Å². The molecule has 102 valence electrons. The molecule has 0 bridgehead atoms. The molecule has 1 aromatic heterocycles. The summed E-state index contributed by atoms with van der Waals surface area (Å²) in [5.41, 5.74) is 0. The summed E-state index contributed by atoms with van der Waals surface area (Å²) in [4.78, 5) is 6.54. The van der Waals surface area contributed by atoms with Gasteiger partial charge in [-0.05, 0) is 19.9 Å². The molecule has 0 fully saturated rings. The molecule has 1 aromatic rings. The van der Waals surface area contributed by atoms with E-state index in [1.54, 1.807) is 0 Å². The Morgan fingerprint density at radius 2 is 2.11 bits per heavy atom. The van der Waals surface area contributed by atoms with E-state index in [1.165, 1.54) is 0 Å². The normalized spacial score (nSPS) is 10.4. The van der Waals surface area contributed by atoms with Crippen molar-refractivity contribution in [1.82, 2.24) is 4.98 Å². The summed E-state index contributed by atoms with van der Waals surface area (Å²) in [6.07, 6.45) is 0. The minimum absolute atomic E-state index is 0.0597. The summed E-state index contributed by atoms with van der Waals surface area (Å²) >= 11 is 0. The maximum atomic E-state index is 8.63. The van der Waals surface area contributed by atoms with Crippen LogP contribution in [-0.4, -0.2) is 49.6 Å². The van der Waals surface area contributed by atoms with Gasteiger partial charge in [0.25, 0.3) is 0 Å². The number of ether oxygens (including phenoxy) is 2. The molecule has 0 aromatic carbocycles. The van der Waals surface area contributed by atoms with Crippen molar-refractivity contribution in [2.75, 3.05) is 44.4 Å². The van der Waals surface area contributed by atoms with Gasteiger partial charge in [-0.15, -0.1) is 0 Å². The lowest BCUT2D eigenvalue weighted by Crippen LogP contribution is -2.28. The van der Waals surface area contributed by atoms with Crippen LogP contribution in [-0.2, 0) is 4.74 Å². The highest BCUT2D eigenvalue weighted by Gasteiger charge is 2.06. The molecule has 1 heterocycles. The summed E-state index contributed by atoms with van der Waals surface area (Å²) in [5, 5.41) is 8.63. The molecule has 0 aliphatic rings.